The largest absolute Gasteiger partial charge is 0.381 e. The molecule has 0 aromatic heterocycles. The highest BCUT2D eigenvalue weighted by Crippen LogP contribution is 2.16. The van der Waals surface area contributed by atoms with Gasteiger partial charge in [0.15, 0.2) is 0 Å². The maximum Gasteiger partial charge on any atom is 0.0671 e. The second kappa shape index (κ2) is 6.38. The minimum atomic E-state index is 0.310. The monoisotopic (exact) mass is 201 g/mol. The molecule has 1 aliphatic heterocycles. The molecule has 1 heterocycles. The Morgan fingerprint density at radius 1 is 1.50 bits per heavy atom. The van der Waals surface area contributed by atoms with E-state index in [1.165, 1.54) is 6.42 Å². The Kier molecular flexibility index (Phi) is 5.45. The van der Waals surface area contributed by atoms with Gasteiger partial charge in [-0.2, -0.15) is 0 Å². The summed E-state index contributed by atoms with van der Waals surface area (Å²) in [4.78, 5) is 0. The Bertz CT molecular complexity index is 146. The molecule has 1 saturated heterocycles. The highest BCUT2D eigenvalue weighted by Gasteiger charge is 2.21. The van der Waals surface area contributed by atoms with Gasteiger partial charge in [-0.3, -0.25) is 0 Å². The summed E-state index contributed by atoms with van der Waals surface area (Å²) >= 11 is 0. The Hall–Kier alpha value is -0.120. The third kappa shape index (κ3) is 3.95. The van der Waals surface area contributed by atoms with Gasteiger partial charge in [0.2, 0.25) is 0 Å². The molecule has 0 aromatic rings. The van der Waals surface area contributed by atoms with Crippen LogP contribution in [0.25, 0.3) is 0 Å². The van der Waals surface area contributed by atoms with E-state index in [1.54, 1.807) is 0 Å². The van der Waals surface area contributed by atoms with Crippen LogP contribution in [0, 0.1) is 5.92 Å². The summed E-state index contributed by atoms with van der Waals surface area (Å²) in [6, 6.07) is 0.542. The fourth-order valence-electron chi connectivity index (χ4n) is 1.81. The third-order valence-corrected chi connectivity index (χ3v) is 2.85. The topological polar surface area (TPSA) is 30.5 Å². The first kappa shape index (κ1) is 12.0. The van der Waals surface area contributed by atoms with Gasteiger partial charge in [0.1, 0.15) is 0 Å². The Labute approximate surface area is 87.2 Å². The van der Waals surface area contributed by atoms with E-state index in [0.29, 0.717) is 18.1 Å². The van der Waals surface area contributed by atoms with Crippen molar-refractivity contribution in [3.8, 4) is 0 Å². The van der Waals surface area contributed by atoms with Crippen LogP contribution >= 0.6 is 0 Å². The van der Waals surface area contributed by atoms with Crippen LogP contribution in [-0.2, 0) is 9.47 Å². The molecule has 14 heavy (non-hydrogen) atoms. The Morgan fingerprint density at radius 2 is 2.29 bits per heavy atom. The number of ether oxygens (including phenoxy) is 2. The molecule has 1 rings (SSSR count). The standard InChI is InChI=1S/C11H23NO2/c1-4-14-9(2)7-12-10(3)11-5-6-13-8-11/h9-12H,4-8H2,1-3H3. The highest BCUT2D eigenvalue weighted by atomic mass is 16.5. The number of hydrogen-bond acceptors (Lipinski definition) is 3. The molecule has 0 aromatic carbocycles. The Balaban J connectivity index is 2.10. The summed E-state index contributed by atoms with van der Waals surface area (Å²) in [5.74, 6) is 0.684. The van der Waals surface area contributed by atoms with E-state index in [9.17, 15) is 0 Å². The lowest BCUT2D eigenvalue weighted by atomic mass is 10.0. The maximum absolute atomic E-state index is 5.46. The van der Waals surface area contributed by atoms with Crippen LogP contribution in [0.3, 0.4) is 0 Å². The van der Waals surface area contributed by atoms with Gasteiger partial charge in [0.25, 0.3) is 0 Å². The normalized spacial score (nSPS) is 26.4. The molecule has 0 radical (unpaired) electrons. The van der Waals surface area contributed by atoms with Gasteiger partial charge >= 0.3 is 0 Å². The molecule has 3 unspecified atom stereocenters. The van der Waals surface area contributed by atoms with Crippen LogP contribution in [0.15, 0.2) is 0 Å². The second-order valence-electron chi connectivity index (χ2n) is 4.09. The fourth-order valence-corrected chi connectivity index (χ4v) is 1.81. The summed E-state index contributed by atoms with van der Waals surface area (Å²) in [6.07, 6.45) is 1.50. The van der Waals surface area contributed by atoms with Crippen molar-refractivity contribution in [3.63, 3.8) is 0 Å². The number of nitrogens with one attached hydrogen (secondary N) is 1. The van der Waals surface area contributed by atoms with Gasteiger partial charge in [-0.05, 0) is 33.1 Å². The predicted molar refractivity (Wildman–Crippen MR) is 57.5 cm³/mol. The van der Waals surface area contributed by atoms with E-state index in [4.69, 9.17) is 9.47 Å². The van der Waals surface area contributed by atoms with E-state index in [1.807, 2.05) is 6.92 Å². The molecule has 0 saturated carbocycles. The zero-order valence-electron chi connectivity index (χ0n) is 9.58. The molecule has 1 fully saturated rings. The maximum atomic E-state index is 5.46. The minimum absolute atomic E-state index is 0.310. The quantitative estimate of drug-likeness (QED) is 0.705. The molecule has 3 atom stereocenters. The molecule has 3 nitrogen and oxygen atoms in total. The minimum Gasteiger partial charge on any atom is -0.381 e. The molecule has 0 spiro atoms. The van der Waals surface area contributed by atoms with Crippen LogP contribution in [-0.4, -0.2) is 38.5 Å². The van der Waals surface area contributed by atoms with Gasteiger partial charge in [0.05, 0.1) is 12.7 Å². The van der Waals surface area contributed by atoms with Crippen LogP contribution in [0.1, 0.15) is 27.2 Å². The third-order valence-electron chi connectivity index (χ3n) is 2.85. The Morgan fingerprint density at radius 3 is 2.86 bits per heavy atom. The highest BCUT2D eigenvalue weighted by molar-refractivity contribution is 4.76. The number of hydrogen-bond donors (Lipinski definition) is 1. The lowest BCUT2D eigenvalue weighted by Crippen LogP contribution is -2.38. The van der Waals surface area contributed by atoms with Gasteiger partial charge in [-0.1, -0.05) is 0 Å². The summed E-state index contributed by atoms with van der Waals surface area (Å²) in [7, 11) is 0. The average Bonchev–Trinajstić information content (AvgIpc) is 2.67. The summed E-state index contributed by atoms with van der Waals surface area (Å²) in [5.41, 5.74) is 0. The number of rotatable bonds is 6. The first-order chi connectivity index (χ1) is 6.74. The predicted octanol–water partition coefficient (Wildman–Crippen LogP) is 1.43. The zero-order chi connectivity index (χ0) is 10.4. The molecular weight excluding hydrogens is 178 g/mol. The van der Waals surface area contributed by atoms with E-state index in [-0.39, 0.29) is 0 Å². The van der Waals surface area contributed by atoms with Crippen molar-refractivity contribution >= 4 is 0 Å². The smallest absolute Gasteiger partial charge is 0.0671 e. The van der Waals surface area contributed by atoms with Gasteiger partial charge < -0.3 is 14.8 Å². The molecule has 1 N–H and O–H groups in total. The van der Waals surface area contributed by atoms with E-state index < -0.39 is 0 Å². The van der Waals surface area contributed by atoms with Crippen LogP contribution in [0.4, 0.5) is 0 Å². The second-order valence-corrected chi connectivity index (χ2v) is 4.09. The van der Waals surface area contributed by atoms with Gasteiger partial charge in [0, 0.05) is 25.8 Å². The molecular formula is C11H23NO2. The fraction of sp³-hybridized carbons (Fsp3) is 1.00. The first-order valence-corrected chi connectivity index (χ1v) is 5.66. The average molecular weight is 201 g/mol. The summed E-state index contributed by atoms with van der Waals surface area (Å²) in [6.45, 7) is 9.95. The summed E-state index contributed by atoms with van der Waals surface area (Å²) in [5, 5.41) is 3.50. The molecule has 1 aliphatic rings. The SMILES string of the molecule is CCOC(C)CNC(C)C1CCOC1. The molecule has 3 heteroatoms. The molecule has 84 valence electrons. The van der Waals surface area contributed by atoms with Gasteiger partial charge in [-0.25, -0.2) is 0 Å². The molecule has 0 bridgehead atoms. The molecule has 0 aliphatic carbocycles. The lowest BCUT2D eigenvalue weighted by Gasteiger charge is -2.21. The van der Waals surface area contributed by atoms with Crippen LogP contribution < -0.4 is 5.32 Å². The van der Waals surface area contributed by atoms with Crippen molar-refractivity contribution in [3.05, 3.63) is 0 Å². The van der Waals surface area contributed by atoms with Crippen molar-refractivity contribution in [2.75, 3.05) is 26.4 Å². The first-order valence-electron chi connectivity index (χ1n) is 5.66. The van der Waals surface area contributed by atoms with Crippen LogP contribution in [0.5, 0.6) is 0 Å². The van der Waals surface area contributed by atoms with Crippen molar-refractivity contribution in [1.82, 2.24) is 5.32 Å². The van der Waals surface area contributed by atoms with Crippen molar-refractivity contribution < 1.29 is 9.47 Å². The van der Waals surface area contributed by atoms with Crippen molar-refractivity contribution in [1.29, 1.82) is 0 Å². The van der Waals surface area contributed by atoms with Crippen molar-refractivity contribution in [2.24, 2.45) is 5.92 Å². The summed E-state index contributed by atoms with van der Waals surface area (Å²) < 4.78 is 10.8. The van der Waals surface area contributed by atoms with E-state index in [2.05, 4.69) is 19.2 Å². The van der Waals surface area contributed by atoms with Gasteiger partial charge in [-0.15, -0.1) is 0 Å². The molecule has 0 amide bonds. The van der Waals surface area contributed by atoms with Crippen molar-refractivity contribution in [2.45, 2.75) is 39.3 Å². The van der Waals surface area contributed by atoms with Crippen LogP contribution in [0.2, 0.25) is 0 Å². The zero-order valence-corrected chi connectivity index (χ0v) is 9.58. The van der Waals surface area contributed by atoms with E-state index in [0.717, 1.165) is 26.4 Å². The lowest BCUT2D eigenvalue weighted by molar-refractivity contribution is 0.0721. The van der Waals surface area contributed by atoms with E-state index >= 15 is 0 Å².